The molecule has 0 amide bonds. The molecule has 0 spiro atoms. The van der Waals surface area contributed by atoms with Gasteiger partial charge in [0.05, 0.1) is 0 Å². The van der Waals surface area contributed by atoms with Crippen LogP contribution in [0.4, 0.5) is 57.1 Å². The van der Waals surface area contributed by atoms with Crippen LogP contribution in [-0.4, -0.2) is 29.9 Å². The molecule has 0 aliphatic rings. The SMILES string of the molecule is O=P(c1ccccc1)(c1ccccc1)c1ccccc1C(F)(F)C(F)(F)C(F)(F)C(F)(F)C(F)(F)C(F)(F)F. The molecule has 0 atom stereocenters. The summed E-state index contributed by atoms with van der Waals surface area (Å²) in [6.45, 7) is 0. The first-order valence-electron chi connectivity index (χ1n) is 10.5. The van der Waals surface area contributed by atoms with Gasteiger partial charge in [0.25, 0.3) is 0 Å². The highest BCUT2D eigenvalue weighted by Gasteiger charge is 2.91. The highest BCUT2D eigenvalue weighted by molar-refractivity contribution is 7.85. The van der Waals surface area contributed by atoms with E-state index in [0.717, 1.165) is 30.3 Å². The summed E-state index contributed by atoms with van der Waals surface area (Å²) in [4.78, 5) is 0. The van der Waals surface area contributed by atoms with Crippen molar-refractivity contribution in [2.24, 2.45) is 0 Å². The highest BCUT2D eigenvalue weighted by atomic mass is 31.2. The fourth-order valence-electron chi connectivity index (χ4n) is 3.66. The topological polar surface area (TPSA) is 17.1 Å². The van der Waals surface area contributed by atoms with Crippen molar-refractivity contribution in [3.05, 3.63) is 90.5 Å². The van der Waals surface area contributed by atoms with Crippen molar-refractivity contribution < 1.29 is 61.6 Å². The lowest BCUT2D eigenvalue weighted by Crippen LogP contribution is -2.69. The van der Waals surface area contributed by atoms with Crippen LogP contribution in [0.1, 0.15) is 5.56 Å². The van der Waals surface area contributed by atoms with Gasteiger partial charge in [0.1, 0.15) is 0 Å². The van der Waals surface area contributed by atoms with E-state index in [-0.39, 0.29) is 16.7 Å². The Kier molecular flexibility index (Phi) is 7.49. The van der Waals surface area contributed by atoms with Gasteiger partial charge in [0.15, 0.2) is 7.14 Å². The molecule has 0 aliphatic heterocycles. The first-order chi connectivity index (χ1) is 17.7. The first-order valence-corrected chi connectivity index (χ1v) is 12.2. The Morgan fingerprint density at radius 3 is 1.21 bits per heavy atom. The normalized spacial score (nSPS) is 14.4. The van der Waals surface area contributed by atoms with E-state index < -0.39 is 53.8 Å². The minimum absolute atomic E-state index is 0.0118. The number of hydrogen-bond acceptors (Lipinski definition) is 1. The smallest absolute Gasteiger partial charge is 0.309 e. The zero-order chi connectivity index (χ0) is 29.7. The number of hydrogen-bond donors (Lipinski definition) is 0. The zero-order valence-corrected chi connectivity index (χ0v) is 19.7. The molecule has 0 unspecified atom stereocenters. The van der Waals surface area contributed by atoms with Crippen molar-refractivity contribution in [1.82, 2.24) is 0 Å². The van der Waals surface area contributed by atoms with E-state index in [1.807, 2.05) is 0 Å². The van der Waals surface area contributed by atoms with Gasteiger partial charge in [-0.2, -0.15) is 57.1 Å². The lowest BCUT2D eigenvalue weighted by atomic mass is 9.90. The fraction of sp³-hybridized carbons (Fsp3) is 0.250. The number of halogens is 13. The molecule has 0 fully saturated rings. The molecule has 0 radical (unpaired) electrons. The van der Waals surface area contributed by atoms with Gasteiger partial charge < -0.3 is 4.57 Å². The standard InChI is InChI=1S/C24H14F13OP/c25-19(26,20(27,28)21(29,30)22(31,32)23(33,34)24(35,36)37)17-13-7-8-14-18(17)39(38,15-9-3-1-4-10-15)16-11-5-2-6-12-16/h1-14H. The third-order valence-corrected chi connectivity index (χ3v) is 8.87. The Bertz CT molecular complexity index is 1310. The lowest BCUT2D eigenvalue weighted by Gasteiger charge is -2.40. The van der Waals surface area contributed by atoms with Gasteiger partial charge in [-0.3, -0.25) is 0 Å². The van der Waals surface area contributed by atoms with E-state index >= 15 is 8.78 Å². The molecular weight excluding hydrogens is 582 g/mol. The van der Waals surface area contributed by atoms with E-state index in [4.69, 9.17) is 0 Å². The summed E-state index contributed by atoms with van der Waals surface area (Å²) in [5.41, 5.74) is -2.25. The fourth-order valence-corrected chi connectivity index (χ4v) is 6.54. The zero-order valence-electron chi connectivity index (χ0n) is 18.9. The number of benzene rings is 3. The number of rotatable bonds is 8. The van der Waals surface area contributed by atoms with Crippen LogP contribution in [0, 0.1) is 0 Å². The van der Waals surface area contributed by atoms with Crippen LogP contribution < -0.4 is 15.9 Å². The lowest BCUT2D eigenvalue weighted by molar-refractivity contribution is -0.441. The summed E-state index contributed by atoms with van der Waals surface area (Å²) in [5, 5.41) is -1.87. The molecular formula is C24H14F13OP. The van der Waals surface area contributed by atoms with Gasteiger partial charge in [-0.25, -0.2) is 0 Å². The molecule has 212 valence electrons. The van der Waals surface area contributed by atoms with Crippen molar-refractivity contribution in [3.8, 4) is 0 Å². The Morgan fingerprint density at radius 1 is 0.436 bits per heavy atom. The Labute approximate surface area is 211 Å². The van der Waals surface area contributed by atoms with Gasteiger partial charge in [-0.05, 0) is 0 Å². The van der Waals surface area contributed by atoms with Crippen LogP contribution in [0.15, 0.2) is 84.9 Å². The van der Waals surface area contributed by atoms with Gasteiger partial charge >= 0.3 is 35.8 Å². The average Bonchev–Trinajstić information content (AvgIpc) is 2.88. The molecule has 0 aromatic heterocycles. The summed E-state index contributed by atoms with van der Waals surface area (Å²) >= 11 is 0. The molecule has 0 saturated heterocycles. The van der Waals surface area contributed by atoms with Crippen molar-refractivity contribution in [2.75, 3.05) is 0 Å². The third kappa shape index (κ3) is 4.40. The van der Waals surface area contributed by atoms with Crippen LogP contribution in [0.3, 0.4) is 0 Å². The van der Waals surface area contributed by atoms with Gasteiger partial charge in [0, 0.05) is 21.5 Å². The molecule has 0 N–H and O–H groups in total. The number of alkyl halides is 13. The Balaban J connectivity index is 2.32. The molecule has 0 aliphatic carbocycles. The molecule has 1 nitrogen and oxygen atoms in total. The molecule has 3 aromatic carbocycles. The van der Waals surface area contributed by atoms with E-state index in [0.29, 0.717) is 12.1 Å². The minimum atomic E-state index is -8.04. The van der Waals surface area contributed by atoms with Crippen molar-refractivity contribution in [3.63, 3.8) is 0 Å². The summed E-state index contributed by atoms with van der Waals surface area (Å²) in [5.74, 6) is -38.0. The van der Waals surface area contributed by atoms with Crippen LogP contribution >= 0.6 is 7.14 Å². The van der Waals surface area contributed by atoms with Gasteiger partial charge in [-0.1, -0.05) is 84.9 Å². The summed E-state index contributed by atoms with van der Waals surface area (Å²) < 4.78 is 194. The largest absolute Gasteiger partial charge is 0.460 e. The van der Waals surface area contributed by atoms with Gasteiger partial charge in [0.2, 0.25) is 0 Å². The van der Waals surface area contributed by atoms with Gasteiger partial charge in [-0.15, -0.1) is 0 Å². The molecule has 0 bridgehead atoms. The van der Waals surface area contributed by atoms with Crippen LogP contribution in [0.2, 0.25) is 0 Å². The second-order valence-electron chi connectivity index (χ2n) is 8.17. The summed E-state index contributed by atoms with van der Waals surface area (Å²) in [6.07, 6.45) is -7.51. The predicted molar refractivity (Wildman–Crippen MR) is 116 cm³/mol. The Hall–Kier alpha value is -3.02. The highest BCUT2D eigenvalue weighted by Crippen LogP contribution is 2.62. The second kappa shape index (κ2) is 9.57. The van der Waals surface area contributed by atoms with Crippen LogP contribution in [0.5, 0.6) is 0 Å². The second-order valence-corrected chi connectivity index (χ2v) is 10.9. The molecule has 0 saturated carbocycles. The maximum absolute atomic E-state index is 15.3. The molecule has 39 heavy (non-hydrogen) atoms. The van der Waals surface area contributed by atoms with Crippen LogP contribution in [0.25, 0.3) is 0 Å². The molecule has 15 heteroatoms. The molecule has 0 heterocycles. The quantitative estimate of drug-likeness (QED) is 0.194. The Morgan fingerprint density at radius 2 is 0.795 bits per heavy atom. The first kappa shape index (κ1) is 30.5. The third-order valence-electron chi connectivity index (χ3n) is 5.75. The summed E-state index contributed by atoms with van der Waals surface area (Å²) in [6, 6.07) is 14.2. The predicted octanol–water partition coefficient (Wildman–Crippen LogP) is 7.52. The average molecular weight is 596 g/mol. The van der Waals surface area contributed by atoms with E-state index in [1.54, 1.807) is 0 Å². The van der Waals surface area contributed by atoms with Crippen LogP contribution in [-0.2, 0) is 10.5 Å². The van der Waals surface area contributed by atoms with Crippen molar-refractivity contribution >= 4 is 23.1 Å². The minimum Gasteiger partial charge on any atom is -0.309 e. The molecule has 3 aromatic rings. The van der Waals surface area contributed by atoms with E-state index in [2.05, 4.69) is 0 Å². The monoisotopic (exact) mass is 596 g/mol. The maximum Gasteiger partial charge on any atom is 0.460 e. The van der Waals surface area contributed by atoms with E-state index in [9.17, 15) is 52.9 Å². The van der Waals surface area contributed by atoms with E-state index in [1.165, 1.54) is 36.4 Å². The van der Waals surface area contributed by atoms with Crippen molar-refractivity contribution in [2.45, 2.75) is 35.8 Å². The molecule has 3 rings (SSSR count). The summed E-state index contributed by atoms with van der Waals surface area (Å²) in [7, 11) is -4.71. The van der Waals surface area contributed by atoms with Crippen molar-refractivity contribution in [1.29, 1.82) is 0 Å². The maximum atomic E-state index is 15.3.